The van der Waals surface area contributed by atoms with Gasteiger partial charge in [0.1, 0.15) is 23.7 Å². The average Bonchev–Trinajstić information content (AvgIpc) is 3.17. The summed E-state index contributed by atoms with van der Waals surface area (Å²) in [5.74, 6) is 0.00370. The number of aromatic hydroxyl groups is 1. The van der Waals surface area contributed by atoms with Gasteiger partial charge in [0.15, 0.2) is 5.78 Å². The average molecular weight is 457 g/mol. The van der Waals surface area contributed by atoms with E-state index < -0.39 is 0 Å². The molecule has 1 fully saturated rings. The highest BCUT2D eigenvalue weighted by Crippen LogP contribution is 2.34. The zero-order valence-electron chi connectivity index (χ0n) is 20.1. The minimum absolute atomic E-state index is 0.0336. The van der Waals surface area contributed by atoms with E-state index in [1.165, 1.54) is 11.6 Å². The van der Waals surface area contributed by atoms with Crippen LogP contribution in [0, 0.1) is 5.92 Å². The maximum atomic E-state index is 13.2. The number of ketones is 1. The summed E-state index contributed by atoms with van der Waals surface area (Å²) in [6.07, 6.45) is 1.55. The van der Waals surface area contributed by atoms with Crippen molar-refractivity contribution in [2.45, 2.75) is 45.8 Å². The Balaban J connectivity index is 1.52. The highest BCUT2D eigenvalue weighted by Gasteiger charge is 2.30. The molecule has 0 aromatic heterocycles. The summed E-state index contributed by atoms with van der Waals surface area (Å²) in [4.78, 5) is 13.2. The van der Waals surface area contributed by atoms with Crippen LogP contribution in [0.5, 0.6) is 11.5 Å². The summed E-state index contributed by atoms with van der Waals surface area (Å²) in [5.41, 5.74) is 10.9. The van der Waals surface area contributed by atoms with Gasteiger partial charge in [0.05, 0.1) is 6.04 Å². The van der Waals surface area contributed by atoms with E-state index in [0.29, 0.717) is 12.4 Å². The summed E-state index contributed by atoms with van der Waals surface area (Å²) < 4.78 is 5.90. The molecular weight excluding hydrogens is 424 g/mol. The van der Waals surface area contributed by atoms with Crippen molar-refractivity contribution in [3.8, 4) is 11.5 Å². The van der Waals surface area contributed by atoms with Crippen molar-refractivity contribution in [3.05, 3.63) is 107 Å². The zero-order valence-corrected chi connectivity index (χ0v) is 20.1. The lowest BCUT2D eigenvalue weighted by atomic mass is 9.85. The molecule has 1 saturated heterocycles. The van der Waals surface area contributed by atoms with Crippen LogP contribution < -0.4 is 15.6 Å². The van der Waals surface area contributed by atoms with E-state index in [1.807, 2.05) is 30.3 Å². The Labute approximate surface area is 201 Å². The molecule has 5 nitrogen and oxygen atoms in total. The maximum absolute atomic E-state index is 13.2. The molecule has 1 aliphatic heterocycles. The van der Waals surface area contributed by atoms with Gasteiger partial charge in [-0.15, -0.1) is 0 Å². The van der Waals surface area contributed by atoms with Crippen molar-refractivity contribution < 1.29 is 14.6 Å². The summed E-state index contributed by atoms with van der Waals surface area (Å²) in [6.45, 7) is 8.98. The lowest BCUT2D eigenvalue weighted by Gasteiger charge is -2.21. The number of nitrogens with one attached hydrogen (secondary N) is 2. The molecule has 1 heterocycles. The molecule has 5 heteroatoms. The van der Waals surface area contributed by atoms with Crippen molar-refractivity contribution in [1.29, 1.82) is 0 Å². The SMILES string of the molecule is C[C@H]1/C(=C/C(=O)c2c(O)cccc2OCc2ccccc2)NN[C@@H]1c1ccc(C(C)(C)C)cc1. The van der Waals surface area contributed by atoms with Crippen LogP contribution in [0.15, 0.2) is 84.6 Å². The monoisotopic (exact) mass is 456 g/mol. The van der Waals surface area contributed by atoms with Gasteiger partial charge in [-0.1, -0.05) is 88.4 Å². The summed E-state index contributed by atoms with van der Waals surface area (Å²) >= 11 is 0. The molecule has 0 saturated carbocycles. The predicted molar refractivity (Wildman–Crippen MR) is 135 cm³/mol. The number of benzene rings is 3. The Morgan fingerprint density at radius 3 is 2.38 bits per heavy atom. The molecule has 34 heavy (non-hydrogen) atoms. The van der Waals surface area contributed by atoms with Gasteiger partial charge in [-0.25, -0.2) is 5.43 Å². The first-order valence-corrected chi connectivity index (χ1v) is 11.6. The number of phenolic OH excluding ortho intramolecular Hbond substituents is 1. The van der Waals surface area contributed by atoms with Gasteiger partial charge in [-0.2, -0.15) is 0 Å². The number of phenols is 1. The van der Waals surface area contributed by atoms with Gasteiger partial charge >= 0.3 is 0 Å². The van der Waals surface area contributed by atoms with Gasteiger partial charge in [0.2, 0.25) is 0 Å². The van der Waals surface area contributed by atoms with Gasteiger partial charge < -0.3 is 15.3 Å². The standard InChI is InChI=1S/C29H32N2O3/c1-19-23(30-31-28(19)21-13-15-22(16-14-21)29(2,3)4)17-25(33)27-24(32)11-8-12-26(27)34-18-20-9-6-5-7-10-20/h5-17,19,28,30-32H,18H2,1-4H3/b23-17-/t19-,28-/m0/s1. The van der Waals surface area contributed by atoms with Crippen molar-refractivity contribution in [1.82, 2.24) is 10.9 Å². The van der Waals surface area contributed by atoms with Crippen molar-refractivity contribution in [2.75, 3.05) is 0 Å². The second kappa shape index (κ2) is 9.74. The Morgan fingerprint density at radius 1 is 1.00 bits per heavy atom. The number of hydrazine groups is 1. The Bertz CT molecular complexity index is 1180. The minimum Gasteiger partial charge on any atom is -0.507 e. The Morgan fingerprint density at radius 2 is 1.71 bits per heavy atom. The van der Waals surface area contributed by atoms with Crippen LogP contribution in [0.2, 0.25) is 0 Å². The van der Waals surface area contributed by atoms with Crippen LogP contribution in [-0.2, 0) is 12.0 Å². The lowest BCUT2D eigenvalue weighted by Crippen LogP contribution is -2.24. The quantitative estimate of drug-likeness (QED) is 0.322. The normalized spacial score (nSPS) is 19.1. The molecular formula is C29H32N2O3. The van der Waals surface area contributed by atoms with Gasteiger partial charge in [-0.05, 0) is 34.2 Å². The van der Waals surface area contributed by atoms with Gasteiger partial charge in [0, 0.05) is 17.7 Å². The van der Waals surface area contributed by atoms with Crippen LogP contribution in [0.1, 0.15) is 60.8 Å². The smallest absolute Gasteiger partial charge is 0.195 e. The van der Waals surface area contributed by atoms with Crippen molar-refractivity contribution in [3.63, 3.8) is 0 Å². The zero-order chi connectivity index (χ0) is 24.3. The molecule has 0 radical (unpaired) electrons. The number of carbonyl (C=O) groups is 1. The molecule has 4 rings (SSSR count). The molecule has 0 spiro atoms. The van der Waals surface area contributed by atoms with Crippen LogP contribution in [0.3, 0.4) is 0 Å². The molecule has 3 aromatic carbocycles. The number of ether oxygens (including phenoxy) is 1. The number of carbonyl (C=O) groups excluding carboxylic acids is 1. The summed E-state index contributed by atoms with van der Waals surface area (Å²) in [6, 6.07) is 23.2. The third-order valence-electron chi connectivity index (χ3n) is 6.27. The first-order valence-electron chi connectivity index (χ1n) is 11.6. The van der Waals surface area contributed by atoms with Crippen LogP contribution >= 0.6 is 0 Å². The molecule has 3 aromatic rings. The molecule has 0 bridgehead atoms. The lowest BCUT2D eigenvalue weighted by molar-refractivity contribution is 0.103. The van der Waals surface area contributed by atoms with Crippen molar-refractivity contribution in [2.24, 2.45) is 5.92 Å². The molecule has 0 aliphatic carbocycles. The Kier molecular flexibility index (Phi) is 6.75. The number of hydrogen-bond acceptors (Lipinski definition) is 5. The third-order valence-corrected chi connectivity index (χ3v) is 6.27. The van der Waals surface area contributed by atoms with Gasteiger partial charge in [0.25, 0.3) is 0 Å². The highest BCUT2D eigenvalue weighted by molar-refractivity contribution is 6.08. The van der Waals surface area contributed by atoms with Crippen LogP contribution in [-0.4, -0.2) is 10.9 Å². The fraction of sp³-hybridized carbons (Fsp3) is 0.276. The number of hydrogen-bond donors (Lipinski definition) is 3. The van der Waals surface area contributed by atoms with Crippen molar-refractivity contribution >= 4 is 5.78 Å². The first-order chi connectivity index (χ1) is 16.2. The van der Waals surface area contributed by atoms with Gasteiger partial charge in [-0.3, -0.25) is 4.79 Å². The van der Waals surface area contributed by atoms with Crippen LogP contribution in [0.25, 0.3) is 0 Å². The highest BCUT2D eigenvalue weighted by atomic mass is 16.5. The van der Waals surface area contributed by atoms with Crippen LogP contribution in [0.4, 0.5) is 0 Å². The second-order valence-corrected chi connectivity index (χ2v) is 9.80. The number of rotatable bonds is 6. The second-order valence-electron chi connectivity index (χ2n) is 9.80. The molecule has 0 unspecified atom stereocenters. The summed E-state index contributed by atoms with van der Waals surface area (Å²) in [5, 5.41) is 10.5. The van der Waals surface area contributed by atoms with E-state index in [-0.39, 0.29) is 34.5 Å². The summed E-state index contributed by atoms with van der Waals surface area (Å²) in [7, 11) is 0. The van der Waals surface area contributed by atoms with E-state index >= 15 is 0 Å². The molecule has 1 aliphatic rings. The number of allylic oxidation sites excluding steroid dienone is 1. The van der Waals surface area contributed by atoms with E-state index in [4.69, 9.17) is 4.74 Å². The maximum Gasteiger partial charge on any atom is 0.195 e. The third kappa shape index (κ3) is 5.15. The predicted octanol–water partition coefficient (Wildman–Crippen LogP) is 5.82. The fourth-order valence-corrected chi connectivity index (χ4v) is 4.15. The Hall–Kier alpha value is -3.57. The molecule has 0 amide bonds. The molecule has 176 valence electrons. The minimum atomic E-state index is -0.305. The fourth-order valence-electron chi connectivity index (χ4n) is 4.15. The van der Waals surface area contributed by atoms with E-state index in [1.54, 1.807) is 18.2 Å². The topological polar surface area (TPSA) is 70.6 Å². The van der Waals surface area contributed by atoms with E-state index in [2.05, 4.69) is 62.8 Å². The van der Waals surface area contributed by atoms with E-state index in [0.717, 1.165) is 16.8 Å². The molecule has 3 N–H and O–H groups in total. The first kappa shape index (κ1) is 23.6. The molecule has 2 atom stereocenters. The van der Waals surface area contributed by atoms with E-state index in [9.17, 15) is 9.90 Å². The largest absolute Gasteiger partial charge is 0.507 e.